The van der Waals surface area contributed by atoms with Crippen LogP contribution in [0.15, 0.2) is 41.3 Å². The summed E-state index contributed by atoms with van der Waals surface area (Å²) in [4.78, 5) is 31.3. The summed E-state index contributed by atoms with van der Waals surface area (Å²) in [7, 11) is 0. The average molecular weight is 337 g/mol. The van der Waals surface area contributed by atoms with Gasteiger partial charge < -0.3 is 10.2 Å². The molecule has 3 aromatic rings. The van der Waals surface area contributed by atoms with Crippen molar-refractivity contribution in [2.24, 2.45) is 0 Å². The van der Waals surface area contributed by atoms with E-state index in [1.54, 1.807) is 17.2 Å². The highest BCUT2D eigenvalue weighted by Crippen LogP contribution is 2.17. The molecule has 7 heteroatoms. The Hall–Kier alpha value is -3.09. The van der Waals surface area contributed by atoms with Gasteiger partial charge >= 0.3 is 6.03 Å². The van der Waals surface area contributed by atoms with Crippen LogP contribution in [-0.4, -0.2) is 32.1 Å². The van der Waals surface area contributed by atoms with Gasteiger partial charge in [0.05, 0.1) is 17.8 Å². The smallest absolute Gasteiger partial charge is 0.320 e. The van der Waals surface area contributed by atoms with Crippen LogP contribution in [0.4, 0.5) is 10.5 Å². The van der Waals surface area contributed by atoms with Gasteiger partial charge in [-0.1, -0.05) is 19.1 Å². The van der Waals surface area contributed by atoms with Gasteiger partial charge in [0.15, 0.2) is 5.65 Å². The van der Waals surface area contributed by atoms with Crippen LogP contribution in [0.2, 0.25) is 0 Å². The number of aromatic nitrogens is 3. The van der Waals surface area contributed by atoms with Gasteiger partial charge in [-0.25, -0.2) is 14.3 Å². The van der Waals surface area contributed by atoms with Crippen LogP contribution < -0.4 is 10.9 Å². The molecular formula is C18H19N5O2. The zero-order chi connectivity index (χ0) is 17.4. The third-order valence-electron chi connectivity index (χ3n) is 4.57. The number of H-pyrrole nitrogens is 1. The van der Waals surface area contributed by atoms with E-state index in [-0.39, 0.29) is 18.1 Å². The molecule has 2 N–H and O–H groups in total. The number of hydrogen-bond donors (Lipinski definition) is 2. The fourth-order valence-corrected chi connectivity index (χ4v) is 3.16. The summed E-state index contributed by atoms with van der Waals surface area (Å²) in [5.41, 5.74) is 3.75. The zero-order valence-electron chi connectivity index (χ0n) is 14.0. The molecule has 0 atom stereocenters. The number of rotatable bonds is 2. The lowest BCUT2D eigenvalue weighted by molar-refractivity contribution is 0.205. The molecule has 0 unspecified atom stereocenters. The van der Waals surface area contributed by atoms with Crippen molar-refractivity contribution in [3.8, 4) is 0 Å². The van der Waals surface area contributed by atoms with E-state index in [1.807, 2.05) is 24.3 Å². The summed E-state index contributed by atoms with van der Waals surface area (Å²) >= 11 is 0. The summed E-state index contributed by atoms with van der Waals surface area (Å²) in [6.07, 6.45) is 3.17. The van der Waals surface area contributed by atoms with Gasteiger partial charge in [0.1, 0.15) is 0 Å². The number of aryl methyl sites for hydroxylation is 1. The standard InChI is InChI=1S/C18H19N5O2/c1-2-12-4-3-5-13(10-12)20-18(25)22-9-7-15-14(11-22)17(24)23-16(21-15)6-8-19-23/h3-6,8,10,19H,2,7,9,11H2,1H3,(H,20,25). The predicted octanol–water partition coefficient (Wildman–Crippen LogP) is 2.18. The molecule has 1 aromatic carbocycles. The normalized spacial score (nSPS) is 13.7. The van der Waals surface area contributed by atoms with E-state index in [0.717, 1.165) is 17.8 Å². The van der Waals surface area contributed by atoms with E-state index in [0.29, 0.717) is 24.2 Å². The number of benzene rings is 1. The second-order valence-corrected chi connectivity index (χ2v) is 6.15. The number of carbonyl (C=O) groups is 1. The lowest BCUT2D eigenvalue weighted by Crippen LogP contribution is -2.42. The fraction of sp³-hybridized carbons (Fsp3) is 0.278. The SMILES string of the molecule is CCc1cccc(NC(=O)N2CCc3nc4cc[nH]n4c(=O)c3C2)c1. The van der Waals surface area contributed by atoms with E-state index in [2.05, 4.69) is 22.3 Å². The van der Waals surface area contributed by atoms with Crippen molar-refractivity contribution < 1.29 is 4.79 Å². The van der Waals surface area contributed by atoms with E-state index in [1.165, 1.54) is 10.1 Å². The molecule has 0 fully saturated rings. The van der Waals surface area contributed by atoms with Gasteiger partial charge in [0, 0.05) is 30.9 Å². The number of hydrogen-bond acceptors (Lipinski definition) is 3. The van der Waals surface area contributed by atoms with E-state index in [4.69, 9.17) is 0 Å². The summed E-state index contributed by atoms with van der Waals surface area (Å²) in [5.74, 6) is 0. The van der Waals surface area contributed by atoms with Crippen LogP contribution >= 0.6 is 0 Å². The first-order chi connectivity index (χ1) is 12.2. The molecule has 1 aliphatic heterocycles. The summed E-state index contributed by atoms with van der Waals surface area (Å²) in [6, 6.07) is 9.36. The Bertz CT molecular complexity index is 1000. The van der Waals surface area contributed by atoms with Gasteiger partial charge in [-0.15, -0.1) is 0 Å². The number of fused-ring (bicyclic) bond motifs is 2. The third-order valence-corrected chi connectivity index (χ3v) is 4.57. The molecule has 0 saturated carbocycles. The van der Waals surface area contributed by atoms with Crippen LogP contribution in [0.5, 0.6) is 0 Å². The molecular weight excluding hydrogens is 318 g/mol. The molecule has 2 amide bonds. The predicted molar refractivity (Wildman–Crippen MR) is 94.8 cm³/mol. The molecule has 0 aliphatic carbocycles. The lowest BCUT2D eigenvalue weighted by atomic mass is 10.1. The maximum atomic E-state index is 12.6. The molecule has 0 bridgehead atoms. The monoisotopic (exact) mass is 337 g/mol. The van der Waals surface area contributed by atoms with Crippen LogP contribution in [0, 0.1) is 0 Å². The molecule has 1 aliphatic rings. The quantitative estimate of drug-likeness (QED) is 0.752. The van der Waals surface area contributed by atoms with E-state index < -0.39 is 0 Å². The van der Waals surface area contributed by atoms with Gasteiger partial charge in [-0.2, -0.15) is 0 Å². The third kappa shape index (κ3) is 2.77. The molecule has 7 nitrogen and oxygen atoms in total. The van der Waals surface area contributed by atoms with Gasteiger partial charge in [-0.05, 0) is 24.1 Å². The highest BCUT2D eigenvalue weighted by Gasteiger charge is 2.25. The summed E-state index contributed by atoms with van der Waals surface area (Å²) in [6.45, 7) is 2.88. The Morgan fingerprint density at radius 1 is 1.36 bits per heavy atom. The number of carbonyl (C=O) groups excluding carboxylic acids is 1. The molecule has 2 aromatic heterocycles. The second-order valence-electron chi connectivity index (χ2n) is 6.15. The minimum atomic E-state index is -0.199. The van der Waals surface area contributed by atoms with Gasteiger partial charge in [-0.3, -0.25) is 9.89 Å². The molecule has 0 radical (unpaired) electrons. The average Bonchev–Trinajstić information content (AvgIpc) is 3.10. The molecule has 128 valence electrons. The molecule has 4 rings (SSSR count). The van der Waals surface area contributed by atoms with E-state index >= 15 is 0 Å². The van der Waals surface area contributed by atoms with Crippen molar-refractivity contribution in [2.75, 3.05) is 11.9 Å². The fourth-order valence-electron chi connectivity index (χ4n) is 3.16. The molecule has 0 saturated heterocycles. The Morgan fingerprint density at radius 3 is 3.08 bits per heavy atom. The van der Waals surface area contributed by atoms with Gasteiger partial charge in [0.2, 0.25) is 0 Å². The zero-order valence-corrected chi connectivity index (χ0v) is 14.0. The topological polar surface area (TPSA) is 82.5 Å². The molecule has 25 heavy (non-hydrogen) atoms. The first-order valence-corrected chi connectivity index (χ1v) is 8.38. The number of anilines is 1. The Kier molecular flexibility index (Phi) is 3.76. The van der Waals surface area contributed by atoms with Crippen molar-refractivity contribution in [3.63, 3.8) is 0 Å². The first kappa shape index (κ1) is 15.4. The van der Waals surface area contributed by atoms with Crippen molar-refractivity contribution >= 4 is 17.4 Å². The Labute approximate surface area is 144 Å². The first-order valence-electron chi connectivity index (χ1n) is 8.38. The van der Waals surface area contributed by atoms with E-state index in [9.17, 15) is 9.59 Å². The Morgan fingerprint density at radius 2 is 2.24 bits per heavy atom. The Balaban J connectivity index is 1.57. The number of nitrogens with zero attached hydrogens (tertiary/aromatic N) is 3. The molecule has 3 heterocycles. The highest BCUT2D eigenvalue weighted by atomic mass is 16.2. The number of nitrogens with one attached hydrogen (secondary N) is 2. The second kappa shape index (κ2) is 6.08. The van der Waals surface area contributed by atoms with Crippen LogP contribution in [-0.2, 0) is 19.4 Å². The van der Waals surface area contributed by atoms with Crippen LogP contribution in [0.1, 0.15) is 23.7 Å². The maximum Gasteiger partial charge on any atom is 0.322 e. The lowest BCUT2D eigenvalue weighted by Gasteiger charge is -2.27. The summed E-state index contributed by atoms with van der Waals surface area (Å²) < 4.78 is 1.41. The van der Waals surface area contributed by atoms with Crippen molar-refractivity contribution in [1.82, 2.24) is 19.5 Å². The maximum absolute atomic E-state index is 12.6. The van der Waals surface area contributed by atoms with Crippen molar-refractivity contribution in [2.45, 2.75) is 26.3 Å². The highest BCUT2D eigenvalue weighted by molar-refractivity contribution is 5.89. The van der Waals surface area contributed by atoms with Crippen LogP contribution in [0.25, 0.3) is 5.65 Å². The summed E-state index contributed by atoms with van der Waals surface area (Å²) in [5, 5.41) is 5.78. The van der Waals surface area contributed by atoms with Gasteiger partial charge in [0.25, 0.3) is 5.56 Å². The largest absolute Gasteiger partial charge is 0.322 e. The number of aromatic amines is 1. The van der Waals surface area contributed by atoms with Crippen LogP contribution in [0.3, 0.4) is 0 Å². The van der Waals surface area contributed by atoms with Crippen molar-refractivity contribution in [3.05, 3.63) is 63.7 Å². The number of amides is 2. The number of urea groups is 1. The molecule has 0 spiro atoms. The van der Waals surface area contributed by atoms with Crippen molar-refractivity contribution in [1.29, 1.82) is 0 Å². The minimum absolute atomic E-state index is 0.143. The minimum Gasteiger partial charge on any atom is -0.320 e.